The molecule has 0 bridgehead atoms. The summed E-state index contributed by atoms with van der Waals surface area (Å²) in [6, 6.07) is 0. The second kappa shape index (κ2) is 4.91. The van der Waals surface area contributed by atoms with Crippen LogP contribution in [0, 0.1) is 29.1 Å². The highest BCUT2D eigenvalue weighted by Crippen LogP contribution is 2.31. The van der Waals surface area contributed by atoms with Crippen LogP contribution in [0.15, 0.2) is 0 Å². The zero-order chi connectivity index (χ0) is 12.3. The van der Waals surface area contributed by atoms with Crippen LogP contribution < -0.4 is 0 Å². The molecule has 1 unspecified atom stereocenters. The zero-order valence-corrected chi connectivity index (χ0v) is 11.0. The Bertz CT molecular complexity index is 310. The summed E-state index contributed by atoms with van der Waals surface area (Å²) in [4.78, 5) is 11.1. The van der Waals surface area contributed by atoms with E-state index in [0.717, 1.165) is 0 Å². The van der Waals surface area contributed by atoms with Gasteiger partial charge in [0.05, 0.1) is 0 Å². The minimum Gasteiger partial charge on any atom is -0.449 e. The predicted molar refractivity (Wildman–Crippen MR) is 64.7 cm³/mol. The normalized spacial score (nSPS) is 19.3. The van der Waals surface area contributed by atoms with Crippen molar-refractivity contribution in [2.24, 2.45) is 17.3 Å². The van der Waals surface area contributed by atoms with Gasteiger partial charge in [0.15, 0.2) is 6.10 Å². The maximum atomic E-state index is 11.1. The number of hydrogen-bond donors (Lipinski definition) is 0. The summed E-state index contributed by atoms with van der Waals surface area (Å²) in [6.45, 7) is 9.98. The highest BCUT2D eigenvalue weighted by Gasteiger charge is 2.29. The quantitative estimate of drug-likeness (QED) is 0.530. The number of hydrogen-bond acceptors (Lipinski definition) is 2. The van der Waals surface area contributed by atoms with Crippen molar-refractivity contribution in [2.75, 3.05) is 0 Å². The molecular formula is C14H22O2. The number of esters is 1. The van der Waals surface area contributed by atoms with E-state index in [-0.39, 0.29) is 23.4 Å². The standard InChI is InChI=1S/C14H22O2/c1-10(14(3,4)5)13(16-11(2)15)9-8-12-6-7-12/h10,12-13H,6-7H2,1-5H3/t10-,13?/m0/s1. The fourth-order valence-corrected chi connectivity index (χ4v) is 1.32. The van der Waals surface area contributed by atoms with Crippen molar-refractivity contribution in [1.29, 1.82) is 0 Å². The molecule has 2 heteroatoms. The Morgan fingerprint density at radius 1 is 1.38 bits per heavy atom. The third kappa shape index (κ3) is 4.26. The van der Waals surface area contributed by atoms with Crippen LogP contribution in [0.25, 0.3) is 0 Å². The van der Waals surface area contributed by atoms with Crippen molar-refractivity contribution >= 4 is 5.97 Å². The smallest absolute Gasteiger partial charge is 0.303 e. The Labute approximate surface area is 98.8 Å². The van der Waals surface area contributed by atoms with Gasteiger partial charge in [-0.1, -0.05) is 39.5 Å². The van der Waals surface area contributed by atoms with Crippen molar-refractivity contribution in [1.82, 2.24) is 0 Å². The summed E-state index contributed by atoms with van der Waals surface area (Å²) in [5.41, 5.74) is 0.0956. The Morgan fingerprint density at radius 2 is 1.94 bits per heavy atom. The topological polar surface area (TPSA) is 26.3 Å². The lowest BCUT2D eigenvalue weighted by Crippen LogP contribution is -2.32. The average molecular weight is 222 g/mol. The molecule has 0 heterocycles. The second-order valence-electron chi connectivity index (χ2n) is 5.75. The van der Waals surface area contributed by atoms with Gasteiger partial charge in [-0.15, -0.1) is 0 Å². The largest absolute Gasteiger partial charge is 0.449 e. The van der Waals surface area contributed by atoms with Gasteiger partial charge in [-0.25, -0.2) is 0 Å². The Kier molecular flexibility index (Phi) is 4.02. The van der Waals surface area contributed by atoms with Crippen molar-refractivity contribution in [3.8, 4) is 11.8 Å². The van der Waals surface area contributed by atoms with Crippen molar-refractivity contribution in [3.05, 3.63) is 0 Å². The first-order valence-electron chi connectivity index (χ1n) is 5.99. The van der Waals surface area contributed by atoms with Crippen LogP contribution in [0.3, 0.4) is 0 Å². The summed E-state index contributed by atoms with van der Waals surface area (Å²) >= 11 is 0. The van der Waals surface area contributed by atoms with Crippen LogP contribution in [0.1, 0.15) is 47.5 Å². The van der Waals surface area contributed by atoms with E-state index >= 15 is 0 Å². The van der Waals surface area contributed by atoms with Gasteiger partial charge < -0.3 is 4.74 Å². The number of ether oxygens (including phenoxy) is 1. The Morgan fingerprint density at radius 3 is 2.31 bits per heavy atom. The van der Waals surface area contributed by atoms with Crippen molar-refractivity contribution in [3.63, 3.8) is 0 Å². The highest BCUT2D eigenvalue weighted by molar-refractivity contribution is 5.66. The lowest BCUT2D eigenvalue weighted by Gasteiger charge is -2.31. The maximum absolute atomic E-state index is 11.1. The lowest BCUT2D eigenvalue weighted by atomic mass is 9.78. The molecule has 0 saturated heterocycles. The van der Waals surface area contributed by atoms with Gasteiger partial charge in [-0.2, -0.15) is 0 Å². The summed E-state index contributed by atoms with van der Waals surface area (Å²) in [7, 11) is 0. The zero-order valence-electron chi connectivity index (χ0n) is 11.0. The van der Waals surface area contributed by atoms with E-state index in [1.165, 1.54) is 19.8 Å². The van der Waals surface area contributed by atoms with E-state index in [1.807, 2.05) is 0 Å². The van der Waals surface area contributed by atoms with Gasteiger partial charge in [0.1, 0.15) is 0 Å². The van der Waals surface area contributed by atoms with E-state index in [9.17, 15) is 4.79 Å². The summed E-state index contributed by atoms with van der Waals surface area (Å²) < 4.78 is 5.30. The molecule has 0 aliphatic heterocycles. The fraction of sp³-hybridized carbons (Fsp3) is 0.786. The molecule has 2 atom stereocenters. The minimum atomic E-state index is -0.266. The molecule has 0 aromatic rings. The third-order valence-electron chi connectivity index (χ3n) is 3.12. The van der Waals surface area contributed by atoms with Gasteiger partial charge in [0, 0.05) is 18.8 Å². The Balaban J connectivity index is 2.70. The molecule has 90 valence electrons. The van der Waals surface area contributed by atoms with Crippen molar-refractivity contribution < 1.29 is 9.53 Å². The molecule has 0 aromatic heterocycles. The molecule has 1 aliphatic carbocycles. The summed E-state index contributed by atoms with van der Waals surface area (Å²) in [6.07, 6.45) is 2.13. The van der Waals surface area contributed by atoms with Crippen molar-refractivity contribution in [2.45, 2.75) is 53.6 Å². The molecule has 16 heavy (non-hydrogen) atoms. The van der Waals surface area contributed by atoms with Crippen LogP contribution in [0.5, 0.6) is 0 Å². The van der Waals surface area contributed by atoms with Gasteiger partial charge in [0.2, 0.25) is 0 Å². The highest BCUT2D eigenvalue weighted by atomic mass is 16.5. The molecule has 1 aliphatic rings. The SMILES string of the molecule is CC(=O)OC(C#CC1CC1)[C@H](C)C(C)(C)C. The minimum absolute atomic E-state index is 0.0956. The van der Waals surface area contributed by atoms with Crippen LogP contribution >= 0.6 is 0 Å². The first-order valence-corrected chi connectivity index (χ1v) is 5.99. The third-order valence-corrected chi connectivity index (χ3v) is 3.12. The number of rotatable bonds is 2. The molecule has 0 amide bonds. The first-order chi connectivity index (χ1) is 7.30. The molecule has 0 radical (unpaired) electrons. The molecule has 1 saturated carbocycles. The van der Waals surface area contributed by atoms with Gasteiger partial charge >= 0.3 is 5.97 Å². The number of carbonyl (C=O) groups excluding carboxylic acids is 1. The van der Waals surface area contributed by atoms with Gasteiger partial charge in [0.25, 0.3) is 0 Å². The van der Waals surface area contributed by atoms with E-state index in [4.69, 9.17) is 4.74 Å². The van der Waals surface area contributed by atoms with Crippen LogP contribution in [-0.4, -0.2) is 12.1 Å². The van der Waals surface area contributed by atoms with E-state index in [2.05, 4.69) is 39.5 Å². The fourth-order valence-electron chi connectivity index (χ4n) is 1.32. The number of carbonyl (C=O) groups is 1. The van der Waals surface area contributed by atoms with E-state index < -0.39 is 0 Å². The molecule has 2 nitrogen and oxygen atoms in total. The molecule has 0 spiro atoms. The van der Waals surface area contributed by atoms with E-state index in [0.29, 0.717) is 5.92 Å². The van der Waals surface area contributed by atoms with Gasteiger partial charge in [-0.3, -0.25) is 4.79 Å². The lowest BCUT2D eigenvalue weighted by molar-refractivity contribution is -0.147. The van der Waals surface area contributed by atoms with E-state index in [1.54, 1.807) is 0 Å². The van der Waals surface area contributed by atoms with Crippen LogP contribution in [0.2, 0.25) is 0 Å². The average Bonchev–Trinajstić information content (AvgIpc) is 2.92. The van der Waals surface area contributed by atoms with Crippen LogP contribution in [0.4, 0.5) is 0 Å². The molecule has 0 N–H and O–H groups in total. The summed E-state index contributed by atoms with van der Waals surface area (Å²) in [5.74, 6) is 6.85. The molecule has 1 rings (SSSR count). The predicted octanol–water partition coefficient (Wildman–Crippen LogP) is 3.01. The van der Waals surface area contributed by atoms with Crippen LogP contribution in [-0.2, 0) is 9.53 Å². The van der Waals surface area contributed by atoms with Gasteiger partial charge in [-0.05, 0) is 18.3 Å². The maximum Gasteiger partial charge on any atom is 0.303 e. The first kappa shape index (κ1) is 13.1. The Hall–Kier alpha value is -0.970. The molecular weight excluding hydrogens is 200 g/mol. The molecule has 0 aromatic carbocycles. The summed E-state index contributed by atoms with van der Waals surface area (Å²) in [5, 5.41) is 0. The monoisotopic (exact) mass is 222 g/mol. The second-order valence-corrected chi connectivity index (χ2v) is 5.75. The molecule has 1 fully saturated rings.